The van der Waals surface area contributed by atoms with Crippen LogP contribution in [0.3, 0.4) is 0 Å². The van der Waals surface area contributed by atoms with Gasteiger partial charge in [-0.05, 0) is 11.6 Å². The van der Waals surface area contributed by atoms with Gasteiger partial charge in [-0.3, -0.25) is 0 Å². The molecule has 0 heterocycles. The van der Waals surface area contributed by atoms with E-state index in [0.29, 0.717) is 0 Å². The zero-order valence-corrected chi connectivity index (χ0v) is 14.2. The highest BCUT2D eigenvalue weighted by Crippen LogP contribution is 2.29. The summed E-state index contributed by atoms with van der Waals surface area (Å²) in [7, 11) is -1.83. The van der Waals surface area contributed by atoms with E-state index in [1.165, 1.54) is 12.1 Å². The summed E-state index contributed by atoms with van der Waals surface area (Å²) in [6.45, 7) is 19.5. The van der Waals surface area contributed by atoms with Gasteiger partial charge in [-0.2, -0.15) is 0 Å². The molecule has 0 unspecified atom stereocenters. The van der Waals surface area contributed by atoms with Gasteiger partial charge in [0, 0.05) is 0 Å². The molecule has 0 rings (SSSR count). The minimum absolute atomic E-state index is 0.651. The summed E-state index contributed by atoms with van der Waals surface area (Å²) in [5, 5.41) is 0. The summed E-state index contributed by atoms with van der Waals surface area (Å²) in [6, 6.07) is 3.61. The monoisotopic (exact) mass is 245 g/mol. The molecule has 0 fully saturated rings. The fourth-order valence-electron chi connectivity index (χ4n) is 2.54. The van der Waals surface area contributed by atoms with Gasteiger partial charge >= 0.3 is 0 Å². The van der Waals surface area contributed by atoms with Crippen LogP contribution in [0.2, 0.25) is 30.7 Å². The molecule has 0 aliphatic carbocycles. The minimum atomic E-state index is -1.18. The molecule has 0 aromatic heterocycles. The van der Waals surface area contributed by atoms with Gasteiger partial charge in [-0.1, -0.05) is 66.7 Å². The van der Waals surface area contributed by atoms with Crippen molar-refractivity contribution in [1.29, 1.82) is 0 Å². The lowest BCUT2D eigenvalue weighted by molar-refractivity contribution is 0.500. The van der Waals surface area contributed by atoms with Crippen LogP contribution in [0.15, 0.2) is 0 Å². The predicted molar refractivity (Wildman–Crippen MR) is 77.7 cm³/mol. The van der Waals surface area contributed by atoms with Crippen molar-refractivity contribution in [2.45, 2.75) is 78.3 Å². The Kier molecular flexibility index (Phi) is 6.37. The zero-order valence-electron chi connectivity index (χ0n) is 12.1. The van der Waals surface area contributed by atoms with Crippen molar-refractivity contribution in [2.75, 3.05) is 0 Å². The molecule has 0 radical (unpaired) electrons. The van der Waals surface area contributed by atoms with Gasteiger partial charge in [-0.15, -0.1) is 0 Å². The smallest absolute Gasteiger partial charge is 0.118 e. The van der Waals surface area contributed by atoms with Crippen LogP contribution >= 0.6 is 0 Å². The maximum Gasteiger partial charge on any atom is 0.118 e. The highest BCUT2D eigenvalue weighted by atomic mass is 28.4. The Bertz CT molecular complexity index is 174. The van der Waals surface area contributed by atoms with Crippen LogP contribution in [0.25, 0.3) is 0 Å². The first-order valence-electron chi connectivity index (χ1n) is 6.57. The van der Waals surface area contributed by atoms with E-state index in [1.54, 1.807) is 0 Å². The first-order chi connectivity index (χ1) is 6.78. The van der Waals surface area contributed by atoms with E-state index >= 15 is 0 Å². The van der Waals surface area contributed by atoms with Crippen LogP contribution in [0.1, 0.15) is 41.5 Å². The molecular formula is C12H31NSi2. The lowest BCUT2D eigenvalue weighted by atomic mass is 10.4. The van der Waals surface area contributed by atoms with Gasteiger partial charge in [0.25, 0.3) is 0 Å². The van der Waals surface area contributed by atoms with Gasteiger partial charge in [0.15, 0.2) is 0 Å². The number of hydrogen-bond donors (Lipinski definition) is 0. The molecule has 0 spiro atoms. The highest BCUT2D eigenvalue weighted by molar-refractivity contribution is 6.84. The molecule has 15 heavy (non-hydrogen) atoms. The molecule has 92 valence electrons. The third-order valence-electron chi connectivity index (χ3n) is 3.97. The van der Waals surface area contributed by atoms with E-state index in [-0.39, 0.29) is 0 Å². The molecule has 0 atom stereocenters. The van der Waals surface area contributed by atoms with Gasteiger partial charge in [-0.25, -0.2) is 0 Å². The fourth-order valence-corrected chi connectivity index (χ4v) is 12.4. The highest BCUT2D eigenvalue weighted by Gasteiger charge is 2.37. The summed E-state index contributed by atoms with van der Waals surface area (Å²) >= 11 is 0. The van der Waals surface area contributed by atoms with E-state index < -0.39 is 17.2 Å². The molecule has 0 aliphatic heterocycles. The molecular weight excluding hydrogens is 214 g/mol. The second kappa shape index (κ2) is 6.21. The normalized spacial score (nSPS) is 13.6. The Morgan fingerprint density at radius 1 is 1.00 bits per heavy atom. The van der Waals surface area contributed by atoms with Crippen molar-refractivity contribution in [3.8, 4) is 0 Å². The molecule has 0 aliphatic rings. The first-order valence-corrected chi connectivity index (χ1v) is 11.7. The minimum Gasteiger partial charge on any atom is -0.345 e. The average Bonchev–Trinajstić information content (AvgIpc) is 2.12. The van der Waals surface area contributed by atoms with Gasteiger partial charge < -0.3 is 4.23 Å². The molecule has 0 amide bonds. The maximum atomic E-state index is 2.98. The summed E-state index contributed by atoms with van der Waals surface area (Å²) in [4.78, 5) is 0. The number of nitrogens with zero attached hydrogens (tertiary/aromatic N) is 1. The first kappa shape index (κ1) is 15.4. The number of rotatable bonds is 6. The Morgan fingerprint density at radius 3 is 1.60 bits per heavy atom. The van der Waals surface area contributed by atoms with Crippen LogP contribution < -0.4 is 0 Å². The van der Waals surface area contributed by atoms with E-state index in [2.05, 4.69) is 58.9 Å². The standard InChI is InChI=1S/C12H31NSi2/c1-9-14(10-2)13(11(3)4)15(7,8)12(5)6/h11-12,14H,9-10H2,1-8H3. The van der Waals surface area contributed by atoms with Crippen LogP contribution in [-0.4, -0.2) is 27.5 Å². The van der Waals surface area contributed by atoms with Crippen LogP contribution in [0.4, 0.5) is 0 Å². The van der Waals surface area contributed by atoms with Gasteiger partial charge in [0.1, 0.15) is 17.2 Å². The topological polar surface area (TPSA) is 3.24 Å². The average molecular weight is 246 g/mol. The molecule has 0 aromatic rings. The Balaban J connectivity index is 4.95. The van der Waals surface area contributed by atoms with Crippen molar-refractivity contribution in [3.05, 3.63) is 0 Å². The van der Waals surface area contributed by atoms with Crippen molar-refractivity contribution >= 4 is 17.2 Å². The zero-order chi connectivity index (χ0) is 12.2. The Hall–Kier alpha value is 0.394. The van der Waals surface area contributed by atoms with Crippen molar-refractivity contribution in [3.63, 3.8) is 0 Å². The van der Waals surface area contributed by atoms with Gasteiger partial charge in [0.2, 0.25) is 0 Å². The van der Waals surface area contributed by atoms with Gasteiger partial charge in [0.05, 0.1) is 0 Å². The van der Waals surface area contributed by atoms with Crippen LogP contribution in [-0.2, 0) is 0 Å². The quantitative estimate of drug-likeness (QED) is 0.638. The molecule has 0 N–H and O–H groups in total. The summed E-state index contributed by atoms with van der Waals surface area (Å²) in [5.41, 5.74) is 0.869. The van der Waals surface area contributed by atoms with E-state index in [4.69, 9.17) is 0 Å². The molecule has 0 saturated heterocycles. The second-order valence-corrected chi connectivity index (χ2v) is 14.8. The molecule has 3 heteroatoms. The van der Waals surface area contributed by atoms with E-state index in [0.717, 1.165) is 11.6 Å². The van der Waals surface area contributed by atoms with Crippen molar-refractivity contribution in [1.82, 2.24) is 4.23 Å². The Labute approximate surface area is 100 Å². The Morgan fingerprint density at radius 2 is 1.40 bits per heavy atom. The molecule has 0 saturated carbocycles. The third kappa shape index (κ3) is 3.72. The molecule has 0 bridgehead atoms. The summed E-state index contributed by atoms with van der Waals surface area (Å²) in [6.07, 6.45) is 0. The van der Waals surface area contributed by atoms with E-state index in [1.807, 2.05) is 0 Å². The predicted octanol–water partition coefficient (Wildman–Crippen LogP) is 4.08. The van der Waals surface area contributed by atoms with Crippen LogP contribution in [0.5, 0.6) is 0 Å². The lowest BCUT2D eigenvalue weighted by Crippen LogP contribution is -2.60. The maximum absolute atomic E-state index is 2.98. The lowest BCUT2D eigenvalue weighted by Gasteiger charge is -2.47. The summed E-state index contributed by atoms with van der Waals surface area (Å²) < 4.78 is 2.98. The van der Waals surface area contributed by atoms with Crippen LogP contribution in [0, 0.1) is 0 Å². The number of hydrogen-bond acceptors (Lipinski definition) is 1. The second-order valence-electron chi connectivity index (χ2n) is 5.78. The van der Waals surface area contributed by atoms with Crippen molar-refractivity contribution in [2.24, 2.45) is 0 Å². The largest absolute Gasteiger partial charge is 0.345 e. The van der Waals surface area contributed by atoms with E-state index in [9.17, 15) is 0 Å². The molecule has 0 aromatic carbocycles. The summed E-state index contributed by atoms with van der Waals surface area (Å²) in [5.74, 6) is 0. The molecule has 1 nitrogen and oxygen atoms in total. The SMILES string of the molecule is CC[SiH](CC)N(C(C)C)[Si](C)(C)C(C)C. The van der Waals surface area contributed by atoms with Crippen molar-refractivity contribution < 1.29 is 0 Å². The fraction of sp³-hybridized carbons (Fsp3) is 1.00. The third-order valence-corrected chi connectivity index (χ3v) is 15.0.